The summed E-state index contributed by atoms with van der Waals surface area (Å²) in [4.78, 5) is 0. The first-order valence-electron chi connectivity index (χ1n) is 5.17. The second kappa shape index (κ2) is 4.32. The van der Waals surface area contributed by atoms with Crippen molar-refractivity contribution >= 4 is 17.0 Å². The zero-order valence-corrected chi connectivity index (χ0v) is 8.86. The molecule has 1 aromatic heterocycles. The molecule has 2 aromatic rings. The summed E-state index contributed by atoms with van der Waals surface area (Å²) in [5.74, 6) is 0.962. The molecule has 2 N–H and O–H groups in total. The Morgan fingerprint density at radius 3 is 2.93 bits per heavy atom. The normalized spacial score (nSPS) is 11.6. The van der Waals surface area contributed by atoms with Gasteiger partial charge in [0.15, 0.2) is 0 Å². The molecule has 0 saturated heterocycles. The van der Waals surface area contributed by atoms with Crippen LogP contribution in [0.3, 0.4) is 0 Å². The van der Waals surface area contributed by atoms with Crippen molar-refractivity contribution in [3.05, 3.63) is 41.7 Å². The molecular formula is C13H15NO. The van der Waals surface area contributed by atoms with Gasteiger partial charge in [0.1, 0.15) is 11.3 Å². The molecule has 2 nitrogen and oxygen atoms in total. The van der Waals surface area contributed by atoms with Crippen LogP contribution in [0, 0.1) is 6.92 Å². The molecule has 0 fully saturated rings. The summed E-state index contributed by atoms with van der Waals surface area (Å²) in [7, 11) is 0. The highest BCUT2D eigenvalue weighted by Crippen LogP contribution is 2.26. The first-order valence-corrected chi connectivity index (χ1v) is 5.17. The number of fused-ring (bicyclic) bond motifs is 1. The SMILES string of the molecule is Cc1oc2ccccc2c1/C=C/CCN. The molecule has 0 spiro atoms. The van der Waals surface area contributed by atoms with E-state index in [9.17, 15) is 0 Å². The maximum absolute atomic E-state index is 5.65. The van der Waals surface area contributed by atoms with Gasteiger partial charge >= 0.3 is 0 Å². The third-order valence-corrected chi connectivity index (χ3v) is 2.44. The highest BCUT2D eigenvalue weighted by Gasteiger charge is 2.06. The minimum atomic E-state index is 0.686. The van der Waals surface area contributed by atoms with E-state index in [0.29, 0.717) is 6.54 Å². The number of aryl methyl sites for hydroxylation is 1. The van der Waals surface area contributed by atoms with Gasteiger partial charge in [-0.05, 0) is 26.0 Å². The Kier molecular flexibility index (Phi) is 2.88. The van der Waals surface area contributed by atoms with Gasteiger partial charge in [0.2, 0.25) is 0 Å². The van der Waals surface area contributed by atoms with Crippen molar-refractivity contribution in [1.82, 2.24) is 0 Å². The molecule has 15 heavy (non-hydrogen) atoms. The van der Waals surface area contributed by atoms with E-state index in [1.165, 1.54) is 10.9 Å². The fraction of sp³-hybridized carbons (Fsp3) is 0.231. The van der Waals surface area contributed by atoms with Crippen LogP contribution in [0.2, 0.25) is 0 Å². The third kappa shape index (κ3) is 1.95. The summed E-state index contributed by atoms with van der Waals surface area (Å²) in [5.41, 5.74) is 7.56. The van der Waals surface area contributed by atoms with E-state index in [0.717, 1.165) is 17.8 Å². The fourth-order valence-electron chi connectivity index (χ4n) is 1.69. The monoisotopic (exact) mass is 201 g/mol. The molecule has 0 radical (unpaired) electrons. The second-order valence-electron chi connectivity index (χ2n) is 3.55. The van der Waals surface area contributed by atoms with Crippen LogP contribution in [0.4, 0.5) is 0 Å². The van der Waals surface area contributed by atoms with E-state index in [1.807, 2.05) is 25.1 Å². The first kappa shape index (κ1) is 9.99. The number of hydrogen-bond acceptors (Lipinski definition) is 2. The van der Waals surface area contributed by atoms with Crippen LogP contribution in [0.1, 0.15) is 17.7 Å². The summed E-state index contributed by atoms with van der Waals surface area (Å²) in [5, 5.41) is 1.17. The van der Waals surface area contributed by atoms with Crippen molar-refractivity contribution in [3.8, 4) is 0 Å². The maximum atomic E-state index is 5.65. The van der Waals surface area contributed by atoms with E-state index >= 15 is 0 Å². The molecule has 2 rings (SSSR count). The lowest BCUT2D eigenvalue weighted by molar-refractivity contribution is 0.577. The van der Waals surface area contributed by atoms with Crippen LogP contribution < -0.4 is 5.73 Å². The minimum Gasteiger partial charge on any atom is -0.461 e. The largest absolute Gasteiger partial charge is 0.461 e. The van der Waals surface area contributed by atoms with Crippen molar-refractivity contribution in [2.75, 3.05) is 6.54 Å². The maximum Gasteiger partial charge on any atom is 0.134 e. The van der Waals surface area contributed by atoms with Crippen molar-refractivity contribution in [2.24, 2.45) is 5.73 Å². The number of benzene rings is 1. The van der Waals surface area contributed by atoms with Gasteiger partial charge in [-0.25, -0.2) is 0 Å². The van der Waals surface area contributed by atoms with Gasteiger partial charge in [0, 0.05) is 10.9 Å². The lowest BCUT2D eigenvalue weighted by Crippen LogP contribution is -1.94. The summed E-state index contributed by atoms with van der Waals surface area (Å²) >= 11 is 0. The van der Waals surface area contributed by atoms with Gasteiger partial charge in [0.05, 0.1) is 0 Å². The Morgan fingerprint density at radius 1 is 1.33 bits per heavy atom. The lowest BCUT2D eigenvalue weighted by atomic mass is 10.1. The quantitative estimate of drug-likeness (QED) is 0.828. The Balaban J connectivity index is 2.45. The van der Waals surface area contributed by atoms with E-state index in [1.54, 1.807) is 0 Å². The zero-order valence-electron chi connectivity index (χ0n) is 8.86. The molecule has 0 amide bonds. The zero-order chi connectivity index (χ0) is 10.7. The van der Waals surface area contributed by atoms with Gasteiger partial charge < -0.3 is 10.2 Å². The van der Waals surface area contributed by atoms with E-state index in [4.69, 9.17) is 10.2 Å². The van der Waals surface area contributed by atoms with Crippen molar-refractivity contribution in [2.45, 2.75) is 13.3 Å². The molecular weight excluding hydrogens is 186 g/mol. The van der Waals surface area contributed by atoms with Gasteiger partial charge in [-0.2, -0.15) is 0 Å². The van der Waals surface area contributed by atoms with Crippen LogP contribution >= 0.6 is 0 Å². The topological polar surface area (TPSA) is 39.2 Å². The Bertz CT molecular complexity index is 482. The summed E-state index contributed by atoms with van der Waals surface area (Å²) in [6.07, 6.45) is 5.08. The molecule has 0 unspecified atom stereocenters. The Hall–Kier alpha value is -1.54. The molecule has 0 atom stereocenters. The molecule has 2 heteroatoms. The fourth-order valence-corrected chi connectivity index (χ4v) is 1.69. The van der Waals surface area contributed by atoms with E-state index in [2.05, 4.69) is 18.2 Å². The summed E-state index contributed by atoms with van der Waals surface area (Å²) in [6.45, 7) is 2.67. The predicted octanol–water partition coefficient (Wildman–Crippen LogP) is 3.10. The molecule has 0 saturated carbocycles. The average molecular weight is 201 g/mol. The molecule has 0 aliphatic carbocycles. The molecule has 0 aliphatic rings. The average Bonchev–Trinajstić information content (AvgIpc) is 2.56. The van der Waals surface area contributed by atoms with Crippen LogP contribution in [-0.4, -0.2) is 6.54 Å². The van der Waals surface area contributed by atoms with Gasteiger partial charge in [-0.3, -0.25) is 0 Å². The van der Waals surface area contributed by atoms with E-state index in [-0.39, 0.29) is 0 Å². The summed E-state index contributed by atoms with van der Waals surface area (Å²) in [6, 6.07) is 8.08. The van der Waals surface area contributed by atoms with Gasteiger partial charge in [-0.15, -0.1) is 0 Å². The van der Waals surface area contributed by atoms with Gasteiger partial charge in [0.25, 0.3) is 0 Å². The number of furan rings is 1. The number of rotatable bonds is 3. The third-order valence-electron chi connectivity index (χ3n) is 2.44. The molecule has 0 aliphatic heterocycles. The Morgan fingerprint density at radius 2 is 2.13 bits per heavy atom. The predicted molar refractivity (Wildman–Crippen MR) is 63.7 cm³/mol. The standard InChI is InChI=1S/C13H15NO/c1-10-11(6-4-5-9-14)12-7-2-3-8-13(12)15-10/h2-4,6-8H,5,9,14H2,1H3/b6-4+. The Labute approximate surface area is 89.4 Å². The van der Waals surface area contributed by atoms with Gasteiger partial charge in [-0.1, -0.05) is 30.4 Å². The van der Waals surface area contributed by atoms with Crippen molar-refractivity contribution < 1.29 is 4.42 Å². The lowest BCUT2D eigenvalue weighted by Gasteiger charge is -1.90. The van der Waals surface area contributed by atoms with E-state index < -0.39 is 0 Å². The van der Waals surface area contributed by atoms with Crippen LogP contribution in [-0.2, 0) is 0 Å². The number of nitrogens with two attached hydrogens (primary N) is 1. The minimum absolute atomic E-state index is 0.686. The molecule has 1 heterocycles. The summed E-state index contributed by atoms with van der Waals surface area (Å²) < 4.78 is 5.65. The van der Waals surface area contributed by atoms with Crippen molar-refractivity contribution in [1.29, 1.82) is 0 Å². The molecule has 1 aromatic carbocycles. The second-order valence-corrected chi connectivity index (χ2v) is 3.55. The molecule has 78 valence electrons. The smallest absolute Gasteiger partial charge is 0.134 e. The highest BCUT2D eigenvalue weighted by molar-refractivity contribution is 5.88. The first-order chi connectivity index (χ1) is 7.33. The highest BCUT2D eigenvalue weighted by atomic mass is 16.3. The number of hydrogen-bond donors (Lipinski definition) is 1. The van der Waals surface area contributed by atoms with Crippen LogP contribution in [0.5, 0.6) is 0 Å². The van der Waals surface area contributed by atoms with Crippen LogP contribution in [0.25, 0.3) is 17.0 Å². The van der Waals surface area contributed by atoms with Crippen molar-refractivity contribution in [3.63, 3.8) is 0 Å². The van der Waals surface area contributed by atoms with Crippen LogP contribution in [0.15, 0.2) is 34.8 Å². The number of para-hydroxylation sites is 1. The molecule has 0 bridgehead atoms.